The van der Waals surface area contributed by atoms with E-state index < -0.39 is 17.6 Å². The Morgan fingerprint density at radius 2 is 1.86 bits per heavy atom. The standard InChI is InChI=1S/C18H18ClF3N4O2.HI/c1-28-15-7-6-13(10-14(15)19)26-17(23)25-9-8-24-16(27)11-2-4-12(5-3-11)18(20,21)22;/h2-7,10H,8-9H2,1H3,(H,24,27)(H3,23,25,26);1H. The molecule has 0 heterocycles. The lowest BCUT2D eigenvalue weighted by atomic mass is 10.1. The van der Waals surface area contributed by atoms with E-state index in [0.717, 1.165) is 24.3 Å². The van der Waals surface area contributed by atoms with Crippen molar-refractivity contribution in [2.45, 2.75) is 6.18 Å². The Balaban J connectivity index is 0.00000420. The number of hydrogen-bond acceptors (Lipinski definition) is 3. The molecule has 0 atom stereocenters. The quantitative estimate of drug-likeness (QED) is 0.222. The van der Waals surface area contributed by atoms with Crippen LogP contribution in [0.3, 0.4) is 0 Å². The molecule has 0 spiro atoms. The third-order valence-corrected chi connectivity index (χ3v) is 3.87. The number of halogens is 5. The number of nitrogens with two attached hydrogens (primary N) is 1. The summed E-state index contributed by atoms with van der Waals surface area (Å²) in [7, 11) is 1.50. The minimum atomic E-state index is -4.44. The van der Waals surface area contributed by atoms with Gasteiger partial charge in [-0.15, -0.1) is 24.0 Å². The fraction of sp³-hybridized carbons (Fsp3) is 0.222. The summed E-state index contributed by atoms with van der Waals surface area (Å²) in [5, 5.41) is 5.80. The van der Waals surface area contributed by atoms with E-state index in [1.54, 1.807) is 18.2 Å². The van der Waals surface area contributed by atoms with E-state index in [1.807, 2.05) is 0 Å². The van der Waals surface area contributed by atoms with Crippen molar-refractivity contribution in [1.29, 1.82) is 0 Å². The first kappa shape index (κ1) is 24.8. The molecule has 0 radical (unpaired) electrons. The van der Waals surface area contributed by atoms with Crippen molar-refractivity contribution < 1.29 is 22.7 Å². The predicted octanol–water partition coefficient (Wildman–Crippen LogP) is 4.14. The Hall–Kier alpha value is -2.21. The molecular formula is C18H19ClF3IN4O2. The van der Waals surface area contributed by atoms with Crippen molar-refractivity contribution in [1.82, 2.24) is 5.32 Å². The lowest BCUT2D eigenvalue weighted by Gasteiger charge is -2.09. The number of carbonyl (C=O) groups is 1. The molecule has 2 rings (SSSR count). The van der Waals surface area contributed by atoms with Crippen LogP contribution in [0.25, 0.3) is 0 Å². The SMILES string of the molecule is COc1ccc(NC(N)=NCCNC(=O)c2ccc(C(F)(F)F)cc2)cc1Cl.I. The van der Waals surface area contributed by atoms with Gasteiger partial charge in [-0.3, -0.25) is 9.79 Å². The van der Waals surface area contributed by atoms with Crippen LogP contribution in [0.5, 0.6) is 5.75 Å². The van der Waals surface area contributed by atoms with Gasteiger partial charge in [-0.05, 0) is 42.5 Å². The average molecular weight is 543 g/mol. The molecule has 2 aromatic rings. The Morgan fingerprint density at radius 3 is 2.41 bits per heavy atom. The maximum Gasteiger partial charge on any atom is 0.416 e. The van der Waals surface area contributed by atoms with Gasteiger partial charge in [0.05, 0.1) is 24.2 Å². The normalized spacial score (nSPS) is 11.4. The second-order valence-electron chi connectivity index (χ2n) is 5.57. The largest absolute Gasteiger partial charge is 0.495 e. The number of guanidine groups is 1. The van der Waals surface area contributed by atoms with Gasteiger partial charge in [0.25, 0.3) is 5.91 Å². The molecule has 0 saturated carbocycles. The topological polar surface area (TPSA) is 88.7 Å². The summed E-state index contributed by atoms with van der Waals surface area (Å²) in [4.78, 5) is 16.0. The van der Waals surface area contributed by atoms with Crippen LogP contribution in [0.2, 0.25) is 5.02 Å². The van der Waals surface area contributed by atoms with Gasteiger partial charge in [-0.2, -0.15) is 13.2 Å². The van der Waals surface area contributed by atoms with Gasteiger partial charge in [0.1, 0.15) is 5.75 Å². The number of rotatable bonds is 6. The van der Waals surface area contributed by atoms with Gasteiger partial charge in [0.15, 0.2) is 5.96 Å². The summed E-state index contributed by atoms with van der Waals surface area (Å²) in [6, 6.07) is 8.94. The van der Waals surface area contributed by atoms with E-state index in [9.17, 15) is 18.0 Å². The van der Waals surface area contributed by atoms with Crippen molar-refractivity contribution in [3.8, 4) is 5.75 Å². The molecule has 0 saturated heterocycles. The molecule has 0 fully saturated rings. The average Bonchev–Trinajstić information content (AvgIpc) is 2.64. The number of methoxy groups -OCH3 is 1. The van der Waals surface area contributed by atoms with Crippen molar-refractivity contribution >= 4 is 53.1 Å². The van der Waals surface area contributed by atoms with Crippen LogP contribution in [0.1, 0.15) is 15.9 Å². The zero-order chi connectivity index (χ0) is 20.7. The van der Waals surface area contributed by atoms with Gasteiger partial charge < -0.3 is 21.1 Å². The number of benzene rings is 2. The lowest BCUT2D eigenvalue weighted by Crippen LogP contribution is -2.28. The number of aliphatic imine (C=N–C) groups is 1. The Bertz CT molecular complexity index is 861. The van der Waals surface area contributed by atoms with E-state index in [2.05, 4.69) is 15.6 Å². The number of anilines is 1. The second kappa shape index (κ2) is 11.1. The number of carbonyl (C=O) groups excluding carboxylic acids is 1. The highest BCUT2D eigenvalue weighted by atomic mass is 127. The molecule has 1 amide bonds. The molecule has 0 unspecified atom stereocenters. The molecule has 2 aromatic carbocycles. The first-order chi connectivity index (χ1) is 13.2. The van der Waals surface area contributed by atoms with Gasteiger partial charge in [-0.25, -0.2) is 0 Å². The van der Waals surface area contributed by atoms with Crippen molar-refractivity contribution in [3.05, 3.63) is 58.6 Å². The minimum absolute atomic E-state index is 0. The summed E-state index contributed by atoms with van der Waals surface area (Å²) >= 11 is 6.01. The van der Waals surface area contributed by atoms with Crippen LogP contribution >= 0.6 is 35.6 Å². The van der Waals surface area contributed by atoms with Crippen molar-refractivity contribution in [2.75, 3.05) is 25.5 Å². The van der Waals surface area contributed by atoms with E-state index in [1.165, 1.54) is 7.11 Å². The van der Waals surface area contributed by atoms with Crippen LogP contribution < -0.4 is 21.1 Å². The molecular weight excluding hydrogens is 524 g/mol. The molecule has 0 aliphatic heterocycles. The lowest BCUT2D eigenvalue weighted by molar-refractivity contribution is -0.137. The third-order valence-electron chi connectivity index (χ3n) is 3.58. The monoisotopic (exact) mass is 542 g/mol. The Morgan fingerprint density at radius 1 is 1.21 bits per heavy atom. The van der Waals surface area contributed by atoms with E-state index in [-0.39, 0.29) is 48.6 Å². The van der Waals surface area contributed by atoms with Crippen LogP contribution in [0, 0.1) is 0 Å². The fourth-order valence-electron chi connectivity index (χ4n) is 2.19. The predicted molar refractivity (Wildman–Crippen MR) is 117 cm³/mol. The van der Waals surface area contributed by atoms with Gasteiger partial charge in [0.2, 0.25) is 0 Å². The third kappa shape index (κ3) is 7.61. The number of ether oxygens (including phenoxy) is 1. The van der Waals surface area contributed by atoms with Crippen LogP contribution in [0.4, 0.5) is 18.9 Å². The molecule has 0 aliphatic rings. The summed E-state index contributed by atoms with van der Waals surface area (Å²) in [6.45, 7) is 0.334. The summed E-state index contributed by atoms with van der Waals surface area (Å²) in [6.07, 6.45) is -4.44. The number of amides is 1. The smallest absolute Gasteiger partial charge is 0.416 e. The fourth-order valence-corrected chi connectivity index (χ4v) is 2.45. The first-order valence-corrected chi connectivity index (χ1v) is 8.44. The molecule has 0 aliphatic carbocycles. The second-order valence-corrected chi connectivity index (χ2v) is 5.98. The van der Waals surface area contributed by atoms with Crippen molar-refractivity contribution in [3.63, 3.8) is 0 Å². The highest BCUT2D eigenvalue weighted by molar-refractivity contribution is 14.0. The van der Waals surface area contributed by atoms with Gasteiger partial charge in [0, 0.05) is 17.8 Å². The highest BCUT2D eigenvalue weighted by Gasteiger charge is 2.30. The molecule has 29 heavy (non-hydrogen) atoms. The molecule has 6 nitrogen and oxygen atoms in total. The maximum absolute atomic E-state index is 12.5. The van der Waals surface area contributed by atoms with Crippen LogP contribution in [0.15, 0.2) is 47.5 Å². The molecule has 158 valence electrons. The first-order valence-electron chi connectivity index (χ1n) is 8.06. The zero-order valence-electron chi connectivity index (χ0n) is 15.2. The summed E-state index contributed by atoms with van der Waals surface area (Å²) in [5.74, 6) is 0.135. The number of nitrogens with zero attached hydrogens (tertiary/aromatic N) is 1. The van der Waals surface area contributed by atoms with Crippen LogP contribution in [-0.4, -0.2) is 32.1 Å². The Labute approximate surface area is 187 Å². The molecule has 0 aromatic heterocycles. The van der Waals surface area contributed by atoms with Crippen molar-refractivity contribution in [2.24, 2.45) is 10.7 Å². The van der Waals surface area contributed by atoms with Gasteiger partial charge >= 0.3 is 6.18 Å². The summed E-state index contributed by atoms with van der Waals surface area (Å²) < 4.78 is 42.6. The summed E-state index contributed by atoms with van der Waals surface area (Å²) in [5.41, 5.74) is 5.68. The van der Waals surface area contributed by atoms with E-state index >= 15 is 0 Å². The zero-order valence-corrected chi connectivity index (χ0v) is 18.3. The number of hydrogen-bond donors (Lipinski definition) is 3. The molecule has 4 N–H and O–H groups in total. The maximum atomic E-state index is 12.5. The van der Waals surface area contributed by atoms with Gasteiger partial charge in [-0.1, -0.05) is 11.6 Å². The van der Waals surface area contributed by atoms with E-state index in [0.29, 0.717) is 16.5 Å². The minimum Gasteiger partial charge on any atom is -0.495 e. The van der Waals surface area contributed by atoms with Crippen LogP contribution in [-0.2, 0) is 6.18 Å². The van der Waals surface area contributed by atoms with E-state index in [4.69, 9.17) is 22.1 Å². The Kier molecular flexibility index (Phi) is 9.50. The number of nitrogens with one attached hydrogen (secondary N) is 2. The molecule has 11 heteroatoms. The molecule has 0 bridgehead atoms. The highest BCUT2D eigenvalue weighted by Crippen LogP contribution is 2.29. The number of alkyl halides is 3.